The van der Waals surface area contributed by atoms with Crippen LogP contribution in [-0.4, -0.2) is 22.3 Å². The van der Waals surface area contributed by atoms with Crippen LogP contribution in [0.15, 0.2) is 46.9 Å². The molecule has 3 aromatic rings. The summed E-state index contributed by atoms with van der Waals surface area (Å²) in [5.41, 5.74) is 1.48. The predicted molar refractivity (Wildman–Crippen MR) is 107 cm³/mol. The molecule has 0 bridgehead atoms. The monoisotopic (exact) mass is 395 g/mol. The van der Waals surface area contributed by atoms with Crippen molar-refractivity contribution in [2.45, 2.75) is 46.0 Å². The van der Waals surface area contributed by atoms with Gasteiger partial charge in [-0.15, -0.1) is 0 Å². The number of fused-ring (bicyclic) bond motifs is 2. The van der Waals surface area contributed by atoms with E-state index >= 15 is 0 Å². The van der Waals surface area contributed by atoms with E-state index in [1.165, 1.54) is 0 Å². The molecule has 0 saturated carbocycles. The Balaban J connectivity index is 1.68. The van der Waals surface area contributed by atoms with Crippen molar-refractivity contribution in [3.63, 3.8) is 0 Å². The number of aromatic nitrogens is 1. The first-order chi connectivity index (χ1) is 13.6. The fourth-order valence-electron chi connectivity index (χ4n) is 5.16. The Morgan fingerprint density at radius 1 is 1.03 bits per heavy atom. The third-order valence-electron chi connectivity index (χ3n) is 6.23. The summed E-state index contributed by atoms with van der Waals surface area (Å²) in [6, 6.07) is 12.8. The van der Waals surface area contributed by atoms with Crippen LogP contribution in [0.3, 0.4) is 0 Å². The summed E-state index contributed by atoms with van der Waals surface area (Å²) in [4.78, 5) is 16.1. The lowest BCUT2D eigenvalue weighted by molar-refractivity contribution is -0.626. The standard InChI is InChI=1S/C23H25NO5/c1-20(2,3)23-21(4,5)13-26-22(23,28-29-23)15-10-14(11-16(25)12-15)19-24-17-8-6-7-9-18(17)27-19/h6-12,25H,13H2,1-5H3. The maximum Gasteiger partial charge on any atom is 0.261 e. The van der Waals surface area contributed by atoms with Crippen molar-refractivity contribution < 1.29 is 24.0 Å². The Kier molecular flexibility index (Phi) is 3.59. The van der Waals surface area contributed by atoms with Crippen molar-refractivity contribution in [1.29, 1.82) is 0 Å². The number of hydrogen-bond acceptors (Lipinski definition) is 6. The fraction of sp³-hybridized carbons (Fsp3) is 0.435. The zero-order valence-corrected chi connectivity index (χ0v) is 17.3. The van der Waals surface area contributed by atoms with Gasteiger partial charge in [0.2, 0.25) is 5.89 Å². The van der Waals surface area contributed by atoms with Crippen LogP contribution in [-0.2, 0) is 20.3 Å². The quantitative estimate of drug-likeness (QED) is 0.605. The lowest BCUT2D eigenvalue weighted by Gasteiger charge is -2.61. The zero-order valence-electron chi connectivity index (χ0n) is 17.3. The molecule has 0 amide bonds. The van der Waals surface area contributed by atoms with Gasteiger partial charge >= 0.3 is 0 Å². The highest BCUT2D eigenvalue weighted by Crippen LogP contribution is 2.69. The predicted octanol–water partition coefficient (Wildman–Crippen LogP) is 5.16. The highest BCUT2D eigenvalue weighted by atomic mass is 17.3. The molecule has 3 heterocycles. The summed E-state index contributed by atoms with van der Waals surface area (Å²) in [6.07, 6.45) is 0. The molecule has 5 rings (SSSR count). The Morgan fingerprint density at radius 3 is 2.45 bits per heavy atom. The molecule has 2 saturated heterocycles. The number of nitrogens with zero attached hydrogens (tertiary/aromatic N) is 1. The molecule has 2 aliphatic heterocycles. The second-order valence-electron chi connectivity index (χ2n) is 9.64. The molecule has 2 atom stereocenters. The Morgan fingerprint density at radius 2 is 1.79 bits per heavy atom. The highest BCUT2D eigenvalue weighted by molar-refractivity contribution is 5.76. The van der Waals surface area contributed by atoms with Gasteiger partial charge in [0.1, 0.15) is 11.3 Å². The normalized spacial score (nSPS) is 28.3. The minimum absolute atomic E-state index is 0.0840. The second-order valence-corrected chi connectivity index (χ2v) is 9.64. The fourth-order valence-corrected chi connectivity index (χ4v) is 5.16. The van der Waals surface area contributed by atoms with Gasteiger partial charge in [-0.2, -0.15) is 4.89 Å². The molecule has 1 N–H and O–H groups in total. The van der Waals surface area contributed by atoms with Crippen molar-refractivity contribution in [2.24, 2.45) is 10.8 Å². The molecule has 2 fully saturated rings. The highest BCUT2D eigenvalue weighted by Gasteiger charge is 2.81. The van der Waals surface area contributed by atoms with Crippen LogP contribution in [0.4, 0.5) is 0 Å². The van der Waals surface area contributed by atoms with E-state index in [0.29, 0.717) is 29.2 Å². The van der Waals surface area contributed by atoms with Crippen LogP contribution in [0.1, 0.15) is 40.2 Å². The van der Waals surface area contributed by atoms with Crippen molar-refractivity contribution in [3.8, 4) is 17.2 Å². The number of hydrogen-bond donors (Lipinski definition) is 1. The Hall–Kier alpha value is -2.41. The van der Waals surface area contributed by atoms with Crippen LogP contribution >= 0.6 is 0 Å². The minimum atomic E-state index is -1.12. The number of phenolic OH excluding ortho intramolecular Hbond substituents is 1. The molecule has 29 heavy (non-hydrogen) atoms. The minimum Gasteiger partial charge on any atom is -0.508 e. The number of oxazole rings is 1. The summed E-state index contributed by atoms with van der Waals surface area (Å²) < 4.78 is 12.2. The van der Waals surface area contributed by atoms with Crippen molar-refractivity contribution in [1.82, 2.24) is 4.98 Å². The first kappa shape index (κ1) is 18.6. The number of para-hydroxylation sites is 2. The van der Waals surface area contributed by atoms with Gasteiger partial charge in [0.05, 0.1) is 6.61 Å². The van der Waals surface area contributed by atoms with Gasteiger partial charge in [-0.25, -0.2) is 9.87 Å². The van der Waals surface area contributed by atoms with E-state index < -0.39 is 11.4 Å². The van der Waals surface area contributed by atoms with E-state index in [1.807, 2.05) is 30.3 Å². The third-order valence-corrected chi connectivity index (χ3v) is 6.23. The molecule has 2 aliphatic rings. The van der Waals surface area contributed by atoms with E-state index in [4.69, 9.17) is 18.9 Å². The van der Waals surface area contributed by atoms with E-state index in [9.17, 15) is 5.11 Å². The lowest BCUT2D eigenvalue weighted by atomic mass is 9.57. The number of rotatable bonds is 2. The molecule has 2 aromatic carbocycles. The van der Waals surface area contributed by atoms with Crippen LogP contribution in [0.25, 0.3) is 22.6 Å². The maximum absolute atomic E-state index is 10.5. The number of phenols is 1. The van der Waals surface area contributed by atoms with Gasteiger partial charge in [0.15, 0.2) is 11.2 Å². The third kappa shape index (κ3) is 2.25. The molecule has 6 nitrogen and oxygen atoms in total. The Labute approximate surface area is 169 Å². The van der Waals surface area contributed by atoms with Crippen LogP contribution in [0.5, 0.6) is 5.75 Å². The molecule has 0 aliphatic carbocycles. The van der Waals surface area contributed by atoms with Crippen molar-refractivity contribution >= 4 is 11.1 Å². The molecular formula is C23H25NO5. The summed E-state index contributed by atoms with van der Waals surface area (Å²) in [5, 5.41) is 10.5. The summed E-state index contributed by atoms with van der Waals surface area (Å²) in [5.74, 6) is -0.604. The van der Waals surface area contributed by atoms with Crippen LogP contribution in [0.2, 0.25) is 0 Å². The molecule has 2 unspecified atom stereocenters. The first-order valence-electron chi connectivity index (χ1n) is 9.81. The average molecular weight is 395 g/mol. The van der Waals surface area contributed by atoms with Crippen molar-refractivity contribution in [2.75, 3.05) is 6.61 Å². The topological polar surface area (TPSA) is 74.0 Å². The van der Waals surface area contributed by atoms with Gasteiger partial charge < -0.3 is 14.3 Å². The number of benzene rings is 2. The number of aromatic hydroxyl groups is 1. The van der Waals surface area contributed by atoms with Gasteiger partial charge in [-0.05, 0) is 30.3 Å². The summed E-state index contributed by atoms with van der Waals surface area (Å²) in [7, 11) is 0. The van der Waals surface area contributed by atoms with Gasteiger partial charge in [-0.3, -0.25) is 0 Å². The molecule has 6 heteroatoms. The largest absolute Gasteiger partial charge is 0.508 e. The molecular weight excluding hydrogens is 370 g/mol. The van der Waals surface area contributed by atoms with Crippen LogP contribution < -0.4 is 0 Å². The average Bonchev–Trinajstić information content (AvgIpc) is 3.09. The van der Waals surface area contributed by atoms with E-state index in [0.717, 1.165) is 5.52 Å². The maximum atomic E-state index is 10.5. The van der Waals surface area contributed by atoms with Gasteiger partial charge in [0.25, 0.3) is 5.79 Å². The number of ether oxygens (including phenoxy) is 1. The molecule has 0 spiro atoms. The SMILES string of the molecule is CC(C)(C)C12OOC1(c1cc(O)cc(-c3nc4ccccc4o3)c1)OCC2(C)C. The smallest absolute Gasteiger partial charge is 0.261 e. The Bertz CT molecular complexity index is 1080. The van der Waals surface area contributed by atoms with Crippen molar-refractivity contribution in [3.05, 3.63) is 48.0 Å². The summed E-state index contributed by atoms with van der Waals surface area (Å²) in [6.45, 7) is 11.1. The zero-order chi connectivity index (χ0) is 20.7. The molecule has 0 radical (unpaired) electrons. The summed E-state index contributed by atoms with van der Waals surface area (Å²) >= 11 is 0. The van der Waals surface area contributed by atoms with Crippen LogP contribution in [0, 0.1) is 10.8 Å². The lowest BCUT2D eigenvalue weighted by Crippen LogP contribution is -2.73. The molecule has 1 aromatic heterocycles. The molecule has 152 valence electrons. The van der Waals surface area contributed by atoms with Gasteiger partial charge in [0, 0.05) is 22.0 Å². The van der Waals surface area contributed by atoms with E-state index in [2.05, 4.69) is 39.6 Å². The van der Waals surface area contributed by atoms with E-state index in [1.54, 1.807) is 12.1 Å². The second kappa shape index (κ2) is 5.59. The first-order valence-corrected chi connectivity index (χ1v) is 9.81. The van der Waals surface area contributed by atoms with Gasteiger partial charge in [-0.1, -0.05) is 46.8 Å². The van der Waals surface area contributed by atoms with E-state index in [-0.39, 0.29) is 16.6 Å².